The summed E-state index contributed by atoms with van der Waals surface area (Å²) in [6.07, 6.45) is -1.30. The molecule has 0 bridgehead atoms. The summed E-state index contributed by atoms with van der Waals surface area (Å²) in [5.74, 6) is -0.327. The summed E-state index contributed by atoms with van der Waals surface area (Å²) in [5.41, 5.74) is 0.778. The Morgan fingerprint density at radius 1 is 1.43 bits per heavy atom. The average Bonchev–Trinajstić information content (AvgIpc) is 2.09. The van der Waals surface area contributed by atoms with Crippen LogP contribution >= 0.6 is 15.9 Å². The molecule has 1 aromatic carbocycles. The minimum Gasteiger partial charge on any atom is -0.391 e. The van der Waals surface area contributed by atoms with E-state index in [4.69, 9.17) is 5.11 Å². The molecule has 0 heterocycles. The number of hydrogen-bond donors (Lipinski definition) is 2. The van der Waals surface area contributed by atoms with Gasteiger partial charge in [0.1, 0.15) is 5.82 Å². The van der Waals surface area contributed by atoms with Gasteiger partial charge in [0.15, 0.2) is 0 Å². The minimum absolute atomic E-state index is 0.304. The van der Waals surface area contributed by atoms with Gasteiger partial charge in [-0.15, -0.1) is 0 Å². The van der Waals surface area contributed by atoms with Gasteiger partial charge in [-0.25, -0.2) is 4.39 Å². The number of hydrogen-bond acceptors (Lipinski definition) is 2. The molecule has 0 aliphatic carbocycles. The van der Waals surface area contributed by atoms with Crippen molar-refractivity contribution in [2.45, 2.75) is 25.6 Å². The van der Waals surface area contributed by atoms with E-state index in [0.717, 1.165) is 5.56 Å². The summed E-state index contributed by atoms with van der Waals surface area (Å²) in [6, 6.07) is 4.25. The van der Waals surface area contributed by atoms with Crippen LogP contribution in [0.2, 0.25) is 0 Å². The van der Waals surface area contributed by atoms with Crippen molar-refractivity contribution < 1.29 is 14.6 Å². The lowest BCUT2D eigenvalue weighted by Gasteiger charge is -2.14. The number of rotatable bonds is 3. The van der Waals surface area contributed by atoms with Gasteiger partial charge in [0.05, 0.1) is 12.2 Å². The molecule has 0 aliphatic rings. The Balaban J connectivity index is 2.77. The van der Waals surface area contributed by atoms with Gasteiger partial charge in [-0.3, -0.25) is 0 Å². The Bertz CT molecular complexity index is 315. The first-order valence-corrected chi connectivity index (χ1v) is 5.10. The Morgan fingerprint density at radius 2 is 2.07 bits per heavy atom. The van der Waals surface area contributed by atoms with Gasteiger partial charge in [-0.1, -0.05) is 22.0 Å². The zero-order chi connectivity index (χ0) is 10.7. The molecule has 1 aromatic rings. The lowest BCUT2D eigenvalue weighted by Crippen LogP contribution is -2.24. The van der Waals surface area contributed by atoms with Crippen molar-refractivity contribution in [2.75, 3.05) is 0 Å². The molecule has 0 aromatic heterocycles. The van der Waals surface area contributed by atoms with Crippen LogP contribution in [0.5, 0.6) is 0 Å². The molecule has 0 aliphatic heterocycles. The van der Waals surface area contributed by atoms with E-state index < -0.39 is 12.2 Å². The van der Waals surface area contributed by atoms with Gasteiger partial charge < -0.3 is 10.2 Å². The third-order valence-corrected chi connectivity index (χ3v) is 2.74. The van der Waals surface area contributed by atoms with Crippen molar-refractivity contribution in [3.05, 3.63) is 34.1 Å². The van der Waals surface area contributed by atoms with Crippen LogP contribution in [0.15, 0.2) is 22.7 Å². The summed E-state index contributed by atoms with van der Waals surface area (Å²) < 4.78 is 13.3. The van der Waals surface area contributed by atoms with E-state index >= 15 is 0 Å². The molecule has 14 heavy (non-hydrogen) atoms. The largest absolute Gasteiger partial charge is 0.391 e. The molecular formula is C10H12BrFO2. The number of aliphatic hydroxyl groups is 2. The molecule has 2 atom stereocenters. The lowest BCUT2D eigenvalue weighted by molar-refractivity contribution is 0.0318. The molecule has 0 radical (unpaired) electrons. The van der Waals surface area contributed by atoms with E-state index in [0.29, 0.717) is 10.9 Å². The average molecular weight is 263 g/mol. The molecule has 0 saturated heterocycles. The van der Waals surface area contributed by atoms with Crippen LogP contribution in [0.4, 0.5) is 4.39 Å². The third kappa shape index (κ3) is 3.04. The second-order valence-corrected chi connectivity index (χ2v) is 4.10. The first kappa shape index (κ1) is 11.6. The molecule has 0 saturated carbocycles. The highest BCUT2D eigenvalue weighted by atomic mass is 79.9. The summed E-state index contributed by atoms with van der Waals surface area (Å²) in [7, 11) is 0. The summed E-state index contributed by atoms with van der Waals surface area (Å²) in [5, 5.41) is 18.5. The van der Waals surface area contributed by atoms with Crippen LogP contribution in [-0.2, 0) is 6.42 Å². The normalized spacial score (nSPS) is 15.2. The number of halogens is 2. The highest BCUT2D eigenvalue weighted by molar-refractivity contribution is 9.10. The van der Waals surface area contributed by atoms with Crippen LogP contribution < -0.4 is 0 Å². The van der Waals surface area contributed by atoms with Crippen molar-refractivity contribution in [3.8, 4) is 0 Å². The van der Waals surface area contributed by atoms with Crippen molar-refractivity contribution in [2.24, 2.45) is 0 Å². The zero-order valence-electron chi connectivity index (χ0n) is 7.74. The van der Waals surface area contributed by atoms with Crippen LogP contribution in [0.25, 0.3) is 0 Å². The van der Waals surface area contributed by atoms with Gasteiger partial charge >= 0.3 is 0 Å². The first-order valence-electron chi connectivity index (χ1n) is 4.30. The van der Waals surface area contributed by atoms with Gasteiger partial charge in [0.2, 0.25) is 0 Å². The van der Waals surface area contributed by atoms with Gasteiger partial charge in [0.25, 0.3) is 0 Å². The molecule has 2 unspecified atom stereocenters. The van der Waals surface area contributed by atoms with Crippen LogP contribution in [0.3, 0.4) is 0 Å². The van der Waals surface area contributed by atoms with Crippen LogP contribution in [-0.4, -0.2) is 22.4 Å². The fraction of sp³-hybridized carbons (Fsp3) is 0.400. The molecular weight excluding hydrogens is 251 g/mol. The van der Waals surface area contributed by atoms with Gasteiger partial charge in [0, 0.05) is 10.9 Å². The maximum Gasteiger partial charge on any atom is 0.124 e. The lowest BCUT2D eigenvalue weighted by atomic mass is 10.0. The van der Waals surface area contributed by atoms with Crippen LogP contribution in [0, 0.1) is 5.82 Å². The summed E-state index contributed by atoms with van der Waals surface area (Å²) in [6.45, 7) is 1.52. The molecule has 2 nitrogen and oxygen atoms in total. The predicted molar refractivity (Wildman–Crippen MR) is 55.5 cm³/mol. The second kappa shape index (κ2) is 4.87. The topological polar surface area (TPSA) is 40.5 Å². The van der Waals surface area contributed by atoms with Crippen LogP contribution in [0.1, 0.15) is 12.5 Å². The number of aliphatic hydroxyl groups excluding tert-OH is 2. The summed E-state index contributed by atoms with van der Waals surface area (Å²) >= 11 is 3.19. The first-order chi connectivity index (χ1) is 6.50. The Labute approximate surface area is 90.5 Å². The predicted octanol–water partition coefficient (Wildman–Crippen LogP) is 1.87. The van der Waals surface area contributed by atoms with E-state index in [2.05, 4.69) is 15.9 Å². The zero-order valence-corrected chi connectivity index (χ0v) is 9.33. The smallest absolute Gasteiger partial charge is 0.124 e. The number of benzene rings is 1. The Kier molecular flexibility index (Phi) is 4.04. The van der Waals surface area contributed by atoms with Crippen molar-refractivity contribution in [1.29, 1.82) is 0 Å². The SMILES string of the molecule is CC(O)C(O)Cc1ccc(F)cc1Br. The van der Waals surface area contributed by atoms with Gasteiger partial charge in [-0.05, 0) is 24.6 Å². The maximum absolute atomic E-state index is 12.7. The van der Waals surface area contributed by atoms with E-state index in [1.807, 2.05) is 0 Å². The molecule has 78 valence electrons. The van der Waals surface area contributed by atoms with Crippen molar-refractivity contribution in [1.82, 2.24) is 0 Å². The standard InChI is InChI=1S/C10H12BrFO2/c1-6(13)10(14)4-7-2-3-8(12)5-9(7)11/h2-3,5-6,10,13-14H,4H2,1H3. The second-order valence-electron chi connectivity index (χ2n) is 3.25. The Morgan fingerprint density at radius 3 is 2.57 bits per heavy atom. The molecule has 0 spiro atoms. The minimum atomic E-state index is -0.822. The maximum atomic E-state index is 12.7. The molecule has 4 heteroatoms. The summed E-state index contributed by atoms with van der Waals surface area (Å²) in [4.78, 5) is 0. The molecule has 0 amide bonds. The van der Waals surface area contributed by atoms with E-state index in [1.165, 1.54) is 19.1 Å². The van der Waals surface area contributed by atoms with Crippen molar-refractivity contribution in [3.63, 3.8) is 0 Å². The fourth-order valence-electron chi connectivity index (χ4n) is 1.08. The fourth-order valence-corrected chi connectivity index (χ4v) is 1.60. The van der Waals surface area contributed by atoms with Crippen molar-refractivity contribution >= 4 is 15.9 Å². The molecule has 1 rings (SSSR count). The Hall–Kier alpha value is -0.450. The monoisotopic (exact) mass is 262 g/mol. The van der Waals surface area contributed by atoms with E-state index in [-0.39, 0.29) is 5.82 Å². The van der Waals surface area contributed by atoms with Gasteiger partial charge in [-0.2, -0.15) is 0 Å². The molecule has 0 fully saturated rings. The highest BCUT2D eigenvalue weighted by Crippen LogP contribution is 2.20. The quantitative estimate of drug-likeness (QED) is 0.874. The van der Waals surface area contributed by atoms with E-state index in [9.17, 15) is 9.50 Å². The third-order valence-electron chi connectivity index (χ3n) is 2.00. The van der Waals surface area contributed by atoms with E-state index in [1.54, 1.807) is 6.07 Å². The highest BCUT2D eigenvalue weighted by Gasteiger charge is 2.13. The molecule has 2 N–H and O–H groups in total.